The van der Waals surface area contributed by atoms with Crippen molar-refractivity contribution in [1.29, 1.82) is 0 Å². The summed E-state index contributed by atoms with van der Waals surface area (Å²) in [6.45, 7) is 4.20. The van der Waals surface area contributed by atoms with Gasteiger partial charge < -0.3 is 10.5 Å². The summed E-state index contributed by atoms with van der Waals surface area (Å²) < 4.78 is 5.23. The van der Waals surface area contributed by atoms with E-state index in [1.165, 1.54) is 0 Å². The molecule has 0 aliphatic carbocycles. The van der Waals surface area contributed by atoms with Gasteiger partial charge in [-0.05, 0) is 19.9 Å². The minimum Gasteiger partial charge on any atom is -0.379 e. The lowest BCUT2D eigenvalue weighted by Crippen LogP contribution is -2.47. The van der Waals surface area contributed by atoms with Crippen molar-refractivity contribution in [2.75, 3.05) is 18.5 Å². The van der Waals surface area contributed by atoms with Gasteiger partial charge in [-0.3, -0.25) is 10.1 Å². The number of aryl methyl sites for hydroxylation is 1. The zero-order chi connectivity index (χ0) is 13.3. The molecular weight excluding hydrogens is 256 g/mol. The van der Waals surface area contributed by atoms with E-state index in [2.05, 4.69) is 15.3 Å². The molecule has 1 aromatic rings. The number of hydrogen-bond acceptors (Lipinski definition) is 5. The van der Waals surface area contributed by atoms with Gasteiger partial charge in [0.1, 0.15) is 5.15 Å². The molecule has 1 fully saturated rings. The normalized spacial score (nSPS) is 27.2. The third kappa shape index (κ3) is 2.45. The van der Waals surface area contributed by atoms with E-state index in [-0.39, 0.29) is 23.1 Å². The number of nitrogens with two attached hydrogens (primary N) is 1. The number of aromatic nitrogens is 2. The van der Waals surface area contributed by atoms with E-state index >= 15 is 0 Å². The monoisotopic (exact) mass is 270 g/mol. The number of carbonyl (C=O) groups is 1. The quantitative estimate of drug-likeness (QED) is 0.774. The Balaban J connectivity index is 2.16. The maximum absolute atomic E-state index is 12.2. The third-order valence-corrected chi connectivity index (χ3v) is 3.28. The molecule has 2 rings (SSSR count). The van der Waals surface area contributed by atoms with Crippen molar-refractivity contribution in [3.8, 4) is 0 Å². The Labute approximate surface area is 110 Å². The summed E-state index contributed by atoms with van der Waals surface area (Å²) in [6.07, 6.45) is 0. The summed E-state index contributed by atoms with van der Waals surface area (Å²) in [5.74, 6) is -0.0699. The fraction of sp³-hybridized carbons (Fsp3) is 0.545. The molecule has 7 heteroatoms. The fourth-order valence-electron chi connectivity index (χ4n) is 1.75. The Morgan fingerprint density at radius 1 is 1.67 bits per heavy atom. The Morgan fingerprint density at radius 2 is 2.39 bits per heavy atom. The van der Waals surface area contributed by atoms with E-state index in [4.69, 9.17) is 22.1 Å². The van der Waals surface area contributed by atoms with Gasteiger partial charge in [-0.15, -0.1) is 0 Å². The number of rotatable bonds is 2. The average Bonchev–Trinajstić information content (AvgIpc) is 2.59. The molecule has 2 unspecified atom stereocenters. The maximum atomic E-state index is 12.2. The van der Waals surface area contributed by atoms with Crippen molar-refractivity contribution in [1.82, 2.24) is 9.97 Å². The average molecular weight is 271 g/mol. The van der Waals surface area contributed by atoms with Crippen molar-refractivity contribution in [3.63, 3.8) is 0 Å². The van der Waals surface area contributed by atoms with E-state index in [1.807, 2.05) is 0 Å². The second kappa shape index (κ2) is 4.79. The highest BCUT2D eigenvalue weighted by molar-refractivity contribution is 6.29. The predicted molar refractivity (Wildman–Crippen MR) is 67.3 cm³/mol. The molecule has 0 saturated carbocycles. The predicted octanol–water partition coefficient (Wildman–Crippen LogP) is 0.741. The second-order valence-electron chi connectivity index (χ2n) is 4.65. The Bertz CT molecular complexity index is 462. The summed E-state index contributed by atoms with van der Waals surface area (Å²) in [7, 11) is 0. The lowest BCUT2D eigenvalue weighted by atomic mass is 9.85. The van der Waals surface area contributed by atoms with Gasteiger partial charge in [0.2, 0.25) is 11.9 Å². The van der Waals surface area contributed by atoms with Crippen LogP contribution in [-0.4, -0.2) is 35.1 Å². The minimum atomic E-state index is -0.764. The van der Waals surface area contributed by atoms with E-state index in [1.54, 1.807) is 19.9 Å². The van der Waals surface area contributed by atoms with Crippen LogP contribution in [-0.2, 0) is 9.53 Å². The molecule has 1 aromatic heterocycles. The molecule has 0 aromatic carbocycles. The van der Waals surface area contributed by atoms with Crippen LogP contribution in [0.3, 0.4) is 0 Å². The number of anilines is 1. The molecule has 0 radical (unpaired) electrons. The molecule has 2 atom stereocenters. The first-order valence-corrected chi connectivity index (χ1v) is 5.95. The van der Waals surface area contributed by atoms with Crippen LogP contribution >= 0.6 is 11.6 Å². The van der Waals surface area contributed by atoms with E-state index in [0.29, 0.717) is 18.9 Å². The number of ether oxygens (including phenoxy) is 1. The van der Waals surface area contributed by atoms with Crippen LogP contribution in [0.1, 0.15) is 12.6 Å². The van der Waals surface area contributed by atoms with Crippen molar-refractivity contribution >= 4 is 23.5 Å². The molecule has 98 valence electrons. The topological polar surface area (TPSA) is 90.1 Å². The summed E-state index contributed by atoms with van der Waals surface area (Å²) in [5, 5.41) is 2.92. The molecule has 1 saturated heterocycles. The van der Waals surface area contributed by atoms with Gasteiger partial charge >= 0.3 is 0 Å². The minimum absolute atomic E-state index is 0.185. The third-order valence-electron chi connectivity index (χ3n) is 3.08. The Kier molecular flexibility index (Phi) is 3.52. The molecule has 2 heterocycles. The van der Waals surface area contributed by atoms with Gasteiger partial charge in [0.15, 0.2) is 0 Å². The Hall–Kier alpha value is -1.24. The maximum Gasteiger partial charge on any atom is 0.236 e. The molecule has 3 N–H and O–H groups in total. The summed E-state index contributed by atoms with van der Waals surface area (Å²) in [5.41, 5.74) is 5.79. The van der Waals surface area contributed by atoms with Gasteiger partial charge in [0.05, 0.1) is 18.6 Å². The van der Waals surface area contributed by atoms with E-state index < -0.39 is 5.41 Å². The zero-order valence-corrected chi connectivity index (χ0v) is 11.0. The van der Waals surface area contributed by atoms with E-state index in [9.17, 15) is 4.79 Å². The lowest BCUT2D eigenvalue weighted by Gasteiger charge is -2.24. The molecule has 0 bridgehead atoms. The van der Waals surface area contributed by atoms with Crippen LogP contribution in [0.5, 0.6) is 0 Å². The largest absolute Gasteiger partial charge is 0.379 e. The number of hydrogen-bond donors (Lipinski definition) is 2. The van der Waals surface area contributed by atoms with Gasteiger partial charge in [-0.25, -0.2) is 9.97 Å². The highest BCUT2D eigenvalue weighted by atomic mass is 35.5. The fourth-order valence-corrected chi connectivity index (χ4v) is 1.99. The van der Waals surface area contributed by atoms with Crippen LogP contribution in [0, 0.1) is 12.3 Å². The number of amides is 1. The summed E-state index contributed by atoms with van der Waals surface area (Å²) >= 11 is 5.80. The second-order valence-corrected chi connectivity index (χ2v) is 5.04. The summed E-state index contributed by atoms with van der Waals surface area (Å²) in [6, 6.07) is 1.28. The first kappa shape index (κ1) is 13.2. The number of carbonyl (C=O) groups excluding carboxylic acids is 1. The van der Waals surface area contributed by atoms with Crippen LogP contribution in [0.2, 0.25) is 5.15 Å². The zero-order valence-electron chi connectivity index (χ0n) is 10.2. The molecule has 1 amide bonds. The molecule has 0 spiro atoms. The van der Waals surface area contributed by atoms with Gasteiger partial charge in [0, 0.05) is 11.7 Å². The van der Waals surface area contributed by atoms with Crippen LogP contribution in [0.4, 0.5) is 5.95 Å². The number of nitrogens with zero attached hydrogens (tertiary/aromatic N) is 2. The van der Waals surface area contributed by atoms with Crippen molar-refractivity contribution in [2.45, 2.75) is 19.9 Å². The first-order chi connectivity index (χ1) is 8.41. The number of nitrogens with one attached hydrogen (secondary N) is 1. The lowest BCUT2D eigenvalue weighted by molar-refractivity contribution is -0.125. The van der Waals surface area contributed by atoms with Crippen molar-refractivity contribution in [2.24, 2.45) is 11.1 Å². The van der Waals surface area contributed by atoms with Gasteiger partial charge in [0.25, 0.3) is 0 Å². The molecule has 6 nitrogen and oxygen atoms in total. The Morgan fingerprint density at radius 3 is 2.94 bits per heavy atom. The van der Waals surface area contributed by atoms with Gasteiger partial charge in [-0.1, -0.05) is 11.6 Å². The van der Waals surface area contributed by atoms with E-state index in [0.717, 1.165) is 0 Å². The van der Waals surface area contributed by atoms with Crippen molar-refractivity contribution < 1.29 is 9.53 Å². The summed E-state index contributed by atoms with van der Waals surface area (Å²) in [4.78, 5) is 20.2. The molecular formula is C11H15ClN4O2. The van der Waals surface area contributed by atoms with Gasteiger partial charge in [-0.2, -0.15) is 0 Å². The van der Waals surface area contributed by atoms with Crippen molar-refractivity contribution in [3.05, 3.63) is 16.9 Å². The molecule has 1 aliphatic heterocycles. The van der Waals surface area contributed by atoms with Crippen LogP contribution in [0.15, 0.2) is 6.07 Å². The number of halogens is 1. The highest BCUT2D eigenvalue weighted by Crippen LogP contribution is 2.28. The smallest absolute Gasteiger partial charge is 0.236 e. The SMILES string of the molecule is Cc1cc(Cl)nc(NC(=O)C2(C)COCC2N)n1. The molecule has 18 heavy (non-hydrogen) atoms. The van der Waals surface area contributed by atoms with Crippen LogP contribution < -0.4 is 11.1 Å². The van der Waals surface area contributed by atoms with Crippen LogP contribution in [0.25, 0.3) is 0 Å². The standard InChI is InChI=1S/C11H15ClN4O2/c1-6-3-8(12)15-10(14-6)16-9(17)11(2)5-18-4-7(11)13/h3,7H,4-5,13H2,1-2H3,(H,14,15,16,17). The molecule has 1 aliphatic rings. The highest BCUT2D eigenvalue weighted by Gasteiger charge is 2.44. The first-order valence-electron chi connectivity index (χ1n) is 5.58.